The molecular formula is C9H5Br3O. The lowest BCUT2D eigenvalue weighted by Crippen LogP contribution is -2.19. The van der Waals surface area contributed by atoms with Crippen molar-refractivity contribution in [2.24, 2.45) is 0 Å². The fourth-order valence-electron chi connectivity index (χ4n) is 1.45. The van der Waals surface area contributed by atoms with Crippen molar-refractivity contribution in [2.75, 3.05) is 0 Å². The van der Waals surface area contributed by atoms with E-state index in [1.807, 2.05) is 18.2 Å². The van der Waals surface area contributed by atoms with Gasteiger partial charge in [0.15, 0.2) is 5.78 Å². The second-order valence-electron chi connectivity index (χ2n) is 3.01. The number of hydrogen-bond acceptors (Lipinski definition) is 1. The van der Waals surface area contributed by atoms with Crippen molar-refractivity contribution in [3.8, 4) is 0 Å². The van der Waals surface area contributed by atoms with Crippen molar-refractivity contribution in [2.45, 2.75) is 9.65 Å². The molecule has 4 heteroatoms. The van der Waals surface area contributed by atoms with E-state index in [2.05, 4.69) is 47.8 Å². The highest BCUT2D eigenvalue weighted by atomic mass is 79.9. The lowest BCUT2D eigenvalue weighted by atomic mass is 10.1. The number of Topliss-reactive ketones (excluding diaryl/α,β-unsaturated/α-hetero) is 1. The van der Waals surface area contributed by atoms with E-state index in [4.69, 9.17) is 0 Å². The van der Waals surface area contributed by atoms with Crippen LogP contribution in [0.1, 0.15) is 15.9 Å². The Balaban J connectivity index is 2.57. The summed E-state index contributed by atoms with van der Waals surface area (Å²) in [6, 6.07) is 5.72. The van der Waals surface area contributed by atoms with Crippen molar-refractivity contribution in [1.29, 1.82) is 0 Å². The van der Waals surface area contributed by atoms with Crippen molar-refractivity contribution in [3.63, 3.8) is 0 Å². The van der Waals surface area contributed by atoms with Crippen LogP contribution in [0.25, 0.3) is 0 Å². The molecule has 1 aliphatic rings. The zero-order valence-corrected chi connectivity index (χ0v) is 11.2. The summed E-state index contributed by atoms with van der Waals surface area (Å²) in [5.74, 6) is 0.106. The Morgan fingerprint density at radius 2 is 2.00 bits per heavy atom. The van der Waals surface area contributed by atoms with Crippen molar-refractivity contribution < 1.29 is 4.79 Å². The normalized spacial score (nSPS) is 18.8. The zero-order valence-electron chi connectivity index (χ0n) is 6.48. The second kappa shape index (κ2) is 3.17. The lowest BCUT2D eigenvalue weighted by Gasteiger charge is -2.07. The Morgan fingerprint density at radius 3 is 2.69 bits per heavy atom. The standard InChI is InChI=1S/C9H5Br3O/c10-6-1-2-7-5(3-6)4-9(11,12)8(7)13/h1-3H,4H2. The van der Waals surface area contributed by atoms with Crippen LogP contribution >= 0.6 is 47.8 Å². The van der Waals surface area contributed by atoms with Crippen LogP contribution in [0.3, 0.4) is 0 Å². The quantitative estimate of drug-likeness (QED) is 0.638. The number of alkyl halides is 2. The fourth-order valence-corrected chi connectivity index (χ4v) is 2.89. The van der Waals surface area contributed by atoms with Gasteiger partial charge in [-0.2, -0.15) is 0 Å². The van der Waals surface area contributed by atoms with Gasteiger partial charge in [-0.15, -0.1) is 0 Å². The summed E-state index contributed by atoms with van der Waals surface area (Å²) in [5.41, 5.74) is 1.88. The van der Waals surface area contributed by atoms with E-state index in [1.54, 1.807) is 0 Å². The molecule has 1 aromatic rings. The first kappa shape index (κ1) is 9.87. The lowest BCUT2D eigenvalue weighted by molar-refractivity contribution is 0.0994. The minimum absolute atomic E-state index is 0.106. The summed E-state index contributed by atoms with van der Waals surface area (Å²) in [4.78, 5) is 11.7. The predicted octanol–water partition coefficient (Wildman–Crippen LogP) is 3.67. The van der Waals surface area contributed by atoms with E-state index in [0.717, 1.165) is 15.6 Å². The molecule has 0 heterocycles. The third-order valence-corrected chi connectivity index (χ3v) is 3.83. The molecule has 0 N–H and O–H groups in total. The molecule has 0 amide bonds. The summed E-state index contributed by atoms with van der Waals surface area (Å²) in [5, 5.41) is 0. The maximum absolute atomic E-state index is 11.7. The molecule has 1 aromatic carbocycles. The van der Waals surface area contributed by atoms with Gasteiger partial charge in [-0.25, -0.2) is 0 Å². The molecule has 0 aromatic heterocycles. The number of ketones is 1. The molecule has 1 aliphatic carbocycles. The van der Waals surface area contributed by atoms with Gasteiger partial charge in [-0.1, -0.05) is 47.8 Å². The third-order valence-electron chi connectivity index (χ3n) is 2.06. The molecule has 0 spiro atoms. The number of rotatable bonds is 0. The Labute approximate surface area is 101 Å². The molecule has 0 unspecified atom stereocenters. The number of halogens is 3. The van der Waals surface area contributed by atoms with Gasteiger partial charge < -0.3 is 0 Å². The van der Waals surface area contributed by atoms with Gasteiger partial charge >= 0.3 is 0 Å². The maximum atomic E-state index is 11.7. The van der Waals surface area contributed by atoms with Crippen molar-refractivity contribution in [1.82, 2.24) is 0 Å². The molecule has 0 radical (unpaired) electrons. The number of carbonyl (C=O) groups is 1. The van der Waals surface area contributed by atoms with Gasteiger partial charge in [0, 0.05) is 16.5 Å². The van der Waals surface area contributed by atoms with Gasteiger partial charge in [-0.05, 0) is 23.8 Å². The predicted molar refractivity (Wildman–Crippen MR) is 62.8 cm³/mol. The minimum atomic E-state index is -0.580. The smallest absolute Gasteiger partial charge is 0.190 e. The average molecular weight is 369 g/mol. The molecule has 0 bridgehead atoms. The molecule has 0 atom stereocenters. The van der Waals surface area contributed by atoms with Crippen LogP contribution in [0.5, 0.6) is 0 Å². The largest absolute Gasteiger partial charge is 0.292 e. The van der Waals surface area contributed by atoms with Crippen LogP contribution < -0.4 is 0 Å². The van der Waals surface area contributed by atoms with Crippen molar-refractivity contribution in [3.05, 3.63) is 33.8 Å². The zero-order chi connectivity index (χ0) is 9.64. The van der Waals surface area contributed by atoms with Crippen LogP contribution in [0.4, 0.5) is 0 Å². The second-order valence-corrected chi connectivity index (χ2v) is 7.70. The molecular weight excluding hydrogens is 364 g/mol. The van der Waals surface area contributed by atoms with Crippen LogP contribution in [0, 0.1) is 0 Å². The molecule has 1 nitrogen and oxygen atoms in total. The number of fused-ring (bicyclic) bond motifs is 1. The first-order valence-corrected chi connectivity index (χ1v) is 6.10. The first-order chi connectivity index (χ1) is 6.00. The molecule has 0 saturated heterocycles. The SMILES string of the molecule is O=C1c2ccc(Br)cc2CC1(Br)Br. The van der Waals surface area contributed by atoms with Gasteiger partial charge in [0.05, 0.1) is 0 Å². The monoisotopic (exact) mass is 366 g/mol. The highest BCUT2D eigenvalue weighted by Gasteiger charge is 2.41. The molecule has 13 heavy (non-hydrogen) atoms. The van der Waals surface area contributed by atoms with Crippen LogP contribution in [0.2, 0.25) is 0 Å². The molecule has 0 saturated carbocycles. The molecule has 2 rings (SSSR count). The van der Waals surface area contributed by atoms with Crippen LogP contribution in [0.15, 0.2) is 22.7 Å². The highest BCUT2D eigenvalue weighted by molar-refractivity contribution is 9.26. The summed E-state index contributed by atoms with van der Waals surface area (Å²) >= 11 is 10.1. The number of hydrogen-bond donors (Lipinski definition) is 0. The molecule has 68 valence electrons. The van der Waals surface area contributed by atoms with E-state index >= 15 is 0 Å². The molecule has 0 fully saturated rings. The summed E-state index contributed by atoms with van der Waals surface area (Å²) in [7, 11) is 0. The Morgan fingerprint density at radius 1 is 1.31 bits per heavy atom. The summed E-state index contributed by atoms with van der Waals surface area (Å²) in [6.07, 6.45) is 0.695. The topological polar surface area (TPSA) is 17.1 Å². The first-order valence-electron chi connectivity index (χ1n) is 3.72. The summed E-state index contributed by atoms with van der Waals surface area (Å²) in [6.45, 7) is 0. The maximum Gasteiger partial charge on any atom is 0.190 e. The van der Waals surface area contributed by atoms with E-state index in [-0.39, 0.29) is 5.78 Å². The van der Waals surface area contributed by atoms with Gasteiger partial charge in [0.25, 0.3) is 0 Å². The van der Waals surface area contributed by atoms with Crippen molar-refractivity contribution >= 4 is 53.6 Å². The van der Waals surface area contributed by atoms with E-state index in [0.29, 0.717) is 6.42 Å². The minimum Gasteiger partial charge on any atom is -0.292 e. The Hall–Kier alpha value is 0.330. The molecule has 0 aliphatic heterocycles. The van der Waals surface area contributed by atoms with Gasteiger partial charge in [0.1, 0.15) is 3.23 Å². The van der Waals surface area contributed by atoms with E-state index in [9.17, 15) is 4.79 Å². The number of carbonyl (C=O) groups excluding carboxylic acids is 1. The van der Waals surface area contributed by atoms with Gasteiger partial charge in [-0.3, -0.25) is 4.79 Å². The van der Waals surface area contributed by atoms with E-state index in [1.165, 1.54) is 0 Å². The fraction of sp³-hybridized carbons (Fsp3) is 0.222. The van der Waals surface area contributed by atoms with E-state index < -0.39 is 3.23 Å². The Kier molecular flexibility index (Phi) is 2.41. The third kappa shape index (κ3) is 1.64. The number of benzene rings is 1. The summed E-state index contributed by atoms with van der Waals surface area (Å²) < 4.78 is 0.431. The van der Waals surface area contributed by atoms with Crippen LogP contribution in [-0.2, 0) is 6.42 Å². The van der Waals surface area contributed by atoms with Crippen LogP contribution in [-0.4, -0.2) is 9.02 Å². The highest BCUT2D eigenvalue weighted by Crippen LogP contribution is 2.41. The average Bonchev–Trinajstić information content (AvgIpc) is 2.22. The Bertz CT molecular complexity index is 384. The van der Waals surface area contributed by atoms with Gasteiger partial charge in [0.2, 0.25) is 0 Å².